The molecule has 0 fully saturated rings. The van der Waals surface area contributed by atoms with Crippen molar-refractivity contribution < 1.29 is 19.8 Å². The van der Waals surface area contributed by atoms with Crippen molar-refractivity contribution in [3.05, 3.63) is 0 Å². The molecule has 0 aromatic heterocycles. The van der Waals surface area contributed by atoms with E-state index in [9.17, 15) is 9.59 Å². The largest absolute Gasteiger partial charge is 0.481 e. The zero-order valence-corrected chi connectivity index (χ0v) is 10.7. The lowest BCUT2D eigenvalue weighted by Gasteiger charge is -2.19. The minimum absolute atomic E-state index is 0.136. The van der Waals surface area contributed by atoms with Crippen molar-refractivity contribution in [2.24, 2.45) is 11.5 Å². The van der Waals surface area contributed by atoms with Crippen LogP contribution in [0.2, 0.25) is 0 Å². The molecule has 6 N–H and O–H groups in total. The van der Waals surface area contributed by atoms with Gasteiger partial charge in [0.25, 0.3) is 0 Å². The summed E-state index contributed by atoms with van der Waals surface area (Å²) in [5.41, 5.74) is 11.8. The van der Waals surface area contributed by atoms with Crippen LogP contribution < -0.4 is 11.5 Å². The van der Waals surface area contributed by atoms with Crippen LogP contribution in [0.15, 0.2) is 0 Å². The average molecular weight is 260 g/mol. The minimum atomic E-state index is -0.790. The smallest absolute Gasteiger partial charge is 0.303 e. The van der Waals surface area contributed by atoms with Crippen LogP contribution in [0.4, 0.5) is 0 Å². The van der Waals surface area contributed by atoms with Crippen molar-refractivity contribution >= 4 is 11.9 Å². The molecular formula is C12H24N2O4. The first-order valence-electron chi connectivity index (χ1n) is 6.38. The van der Waals surface area contributed by atoms with E-state index in [0.29, 0.717) is 25.7 Å². The molecule has 0 aliphatic heterocycles. The number of hydrogen-bond acceptors (Lipinski definition) is 4. The van der Waals surface area contributed by atoms with Crippen molar-refractivity contribution in [1.82, 2.24) is 0 Å². The van der Waals surface area contributed by atoms with E-state index in [1.807, 2.05) is 0 Å². The fourth-order valence-electron chi connectivity index (χ4n) is 1.74. The van der Waals surface area contributed by atoms with Gasteiger partial charge in [-0.05, 0) is 25.7 Å². The molecule has 0 aromatic rings. The van der Waals surface area contributed by atoms with Crippen LogP contribution in [0.1, 0.15) is 51.4 Å². The summed E-state index contributed by atoms with van der Waals surface area (Å²) >= 11 is 0. The van der Waals surface area contributed by atoms with Crippen LogP contribution in [-0.2, 0) is 9.59 Å². The second kappa shape index (κ2) is 9.85. The van der Waals surface area contributed by atoms with Gasteiger partial charge in [-0.25, -0.2) is 0 Å². The highest BCUT2D eigenvalue weighted by atomic mass is 16.4. The molecule has 0 bridgehead atoms. The van der Waals surface area contributed by atoms with Crippen LogP contribution in [0.3, 0.4) is 0 Å². The lowest BCUT2D eigenvalue weighted by molar-refractivity contribution is -0.138. The molecule has 0 aliphatic carbocycles. The lowest BCUT2D eigenvalue weighted by Crippen LogP contribution is -2.41. The van der Waals surface area contributed by atoms with Crippen LogP contribution in [0, 0.1) is 0 Å². The van der Waals surface area contributed by atoms with Crippen LogP contribution in [0.25, 0.3) is 0 Å². The van der Waals surface area contributed by atoms with Gasteiger partial charge in [0, 0.05) is 24.9 Å². The normalized spacial score (nSPS) is 14.1. The molecule has 0 rings (SSSR count). The maximum Gasteiger partial charge on any atom is 0.303 e. The quantitative estimate of drug-likeness (QED) is 0.409. The number of nitrogens with two attached hydrogens (primary N) is 2. The summed E-state index contributed by atoms with van der Waals surface area (Å²) in [5, 5.41) is 16.9. The van der Waals surface area contributed by atoms with Gasteiger partial charge >= 0.3 is 11.9 Å². The third-order valence-corrected chi connectivity index (χ3v) is 2.91. The maximum absolute atomic E-state index is 10.3. The predicted octanol–water partition coefficient (Wildman–Crippen LogP) is 0.931. The fourth-order valence-corrected chi connectivity index (χ4v) is 1.74. The van der Waals surface area contributed by atoms with Crippen LogP contribution in [0.5, 0.6) is 0 Å². The Hall–Kier alpha value is -1.14. The first-order valence-corrected chi connectivity index (χ1v) is 6.38. The second-order valence-electron chi connectivity index (χ2n) is 4.61. The van der Waals surface area contributed by atoms with Crippen molar-refractivity contribution in [1.29, 1.82) is 0 Å². The molecule has 0 saturated heterocycles. The molecule has 6 nitrogen and oxygen atoms in total. The molecule has 0 aromatic carbocycles. The Kier molecular flexibility index (Phi) is 9.22. The standard InChI is InChI=1S/C12H24N2O4/c13-9(5-1-3-7-11(15)16)10(14)6-2-4-8-12(17)18/h9-10H,1-8,13-14H2,(H,15,16)(H,17,18). The Balaban J connectivity index is 3.53. The van der Waals surface area contributed by atoms with Crippen molar-refractivity contribution in [2.75, 3.05) is 0 Å². The number of hydrogen-bond donors (Lipinski definition) is 4. The van der Waals surface area contributed by atoms with Gasteiger partial charge in [0.15, 0.2) is 0 Å². The van der Waals surface area contributed by atoms with Gasteiger partial charge in [-0.1, -0.05) is 12.8 Å². The number of aliphatic carboxylic acids is 2. The number of carboxylic acids is 2. The van der Waals surface area contributed by atoms with Gasteiger partial charge in [0.05, 0.1) is 0 Å². The van der Waals surface area contributed by atoms with E-state index < -0.39 is 11.9 Å². The topological polar surface area (TPSA) is 127 Å². The average Bonchev–Trinajstić information content (AvgIpc) is 2.29. The fraction of sp³-hybridized carbons (Fsp3) is 0.833. The molecule has 0 radical (unpaired) electrons. The van der Waals surface area contributed by atoms with Gasteiger partial charge in [0.2, 0.25) is 0 Å². The summed E-state index contributed by atoms with van der Waals surface area (Å²) in [6.07, 6.45) is 4.53. The molecular weight excluding hydrogens is 236 g/mol. The van der Waals surface area contributed by atoms with E-state index in [1.54, 1.807) is 0 Å². The number of rotatable bonds is 11. The summed E-state index contributed by atoms with van der Waals surface area (Å²) in [6.45, 7) is 0. The van der Waals surface area contributed by atoms with Gasteiger partial charge in [-0.2, -0.15) is 0 Å². The second-order valence-corrected chi connectivity index (χ2v) is 4.61. The number of carbonyl (C=O) groups is 2. The molecule has 18 heavy (non-hydrogen) atoms. The molecule has 6 heteroatoms. The van der Waals surface area contributed by atoms with Crippen LogP contribution >= 0.6 is 0 Å². The van der Waals surface area contributed by atoms with E-state index in [0.717, 1.165) is 12.8 Å². The van der Waals surface area contributed by atoms with E-state index in [2.05, 4.69) is 0 Å². The Morgan fingerprint density at radius 3 is 1.39 bits per heavy atom. The van der Waals surface area contributed by atoms with Gasteiger partial charge in [-0.15, -0.1) is 0 Å². The zero-order valence-electron chi connectivity index (χ0n) is 10.7. The van der Waals surface area contributed by atoms with Crippen LogP contribution in [-0.4, -0.2) is 34.2 Å². The highest BCUT2D eigenvalue weighted by molar-refractivity contribution is 5.66. The Labute approximate surface area is 107 Å². The summed E-state index contributed by atoms with van der Waals surface area (Å²) in [6, 6.07) is -0.271. The number of unbranched alkanes of at least 4 members (excludes halogenated alkanes) is 2. The Bertz CT molecular complexity index is 232. The monoisotopic (exact) mass is 260 g/mol. The molecule has 0 aliphatic rings. The highest BCUT2D eigenvalue weighted by Gasteiger charge is 2.13. The zero-order chi connectivity index (χ0) is 14.0. The Morgan fingerprint density at radius 2 is 1.11 bits per heavy atom. The third-order valence-electron chi connectivity index (χ3n) is 2.91. The van der Waals surface area contributed by atoms with Gasteiger partial charge in [0.1, 0.15) is 0 Å². The molecule has 2 unspecified atom stereocenters. The van der Waals surface area contributed by atoms with Crippen molar-refractivity contribution in [3.8, 4) is 0 Å². The first kappa shape index (κ1) is 16.9. The van der Waals surface area contributed by atoms with Crippen molar-refractivity contribution in [2.45, 2.75) is 63.5 Å². The first-order chi connectivity index (χ1) is 8.43. The summed E-state index contributed by atoms with van der Waals surface area (Å²) in [7, 11) is 0. The predicted molar refractivity (Wildman–Crippen MR) is 68.2 cm³/mol. The summed E-state index contributed by atoms with van der Waals surface area (Å²) < 4.78 is 0. The molecule has 0 heterocycles. The van der Waals surface area contributed by atoms with E-state index in [-0.39, 0.29) is 24.9 Å². The van der Waals surface area contributed by atoms with Crippen molar-refractivity contribution in [3.63, 3.8) is 0 Å². The molecule has 106 valence electrons. The number of carboxylic acid groups (broad SMARTS) is 2. The Morgan fingerprint density at radius 1 is 0.778 bits per heavy atom. The van der Waals surface area contributed by atoms with E-state index in [4.69, 9.17) is 21.7 Å². The highest BCUT2D eigenvalue weighted by Crippen LogP contribution is 2.09. The lowest BCUT2D eigenvalue weighted by atomic mass is 9.98. The van der Waals surface area contributed by atoms with E-state index in [1.165, 1.54) is 0 Å². The summed E-state index contributed by atoms with van der Waals surface area (Å²) in [4.78, 5) is 20.6. The molecule has 2 atom stereocenters. The van der Waals surface area contributed by atoms with Gasteiger partial charge < -0.3 is 21.7 Å². The minimum Gasteiger partial charge on any atom is -0.481 e. The van der Waals surface area contributed by atoms with Gasteiger partial charge in [-0.3, -0.25) is 9.59 Å². The third kappa shape index (κ3) is 10.0. The SMILES string of the molecule is NC(CCCCC(=O)O)C(N)CCCCC(=O)O. The van der Waals surface area contributed by atoms with E-state index >= 15 is 0 Å². The molecule has 0 spiro atoms. The molecule has 0 amide bonds. The summed E-state index contributed by atoms with van der Waals surface area (Å²) in [5.74, 6) is -1.58. The maximum atomic E-state index is 10.3. The molecule has 0 saturated carbocycles.